The Kier molecular flexibility index (Phi) is 5.03. The normalized spacial score (nSPS) is 16.2. The van der Waals surface area contributed by atoms with Gasteiger partial charge >= 0.3 is 0 Å². The molecule has 3 aromatic carbocycles. The molecular formula is C25H24N2O4S. The lowest BCUT2D eigenvalue weighted by molar-refractivity contribution is -0.118. The molecule has 0 radical (unpaired) electrons. The van der Waals surface area contributed by atoms with Crippen molar-refractivity contribution < 1.29 is 17.9 Å². The Morgan fingerprint density at radius 1 is 0.969 bits per heavy atom. The van der Waals surface area contributed by atoms with Gasteiger partial charge in [0.1, 0.15) is 5.75 Å². The molecule has 0 unspecified atom stereocenters. The molecule has 1 amide bonds. The molecule has 7 heteroatoms. The number of ether oxygens (including phenoxy) is 1. The van der Waals surface area contributed by atoms with E-state index in [4.69, 9.17) is 4.74 Å². The first kappa shape index (κ1) is 20.7. The summed E-state index contributed by atoms with van der Waals surface area (Å²) in [4.78, 5) is 13.4. The van der Waals surface area contributed by atoms with E-state index in [0.29, 0.717) is 12.3 Å². The highest BCUT2D eigenvalue weighted by Crippen LogP contribution is 2.50. The lowest BCUT2D eigenvalue weighted by atomic mass is 9.93. The van der Waals surface area contributed by atoms with Crippen molar-refractivity contribution in [3.8, 4) is 16.9 Å². The minimum absolute atomic E-state index is 0.0111. The molecular weight excluding hydrogens is 424 g/mol. The summed E-state index contributed by atoms with van der Waals surface area (Å²) in [6.45, 7) is 0.701. The van der Waals surface area contributed by atoms with Gasteiger partial charge in [-0.05, 0) is 72.5 Å². The van der Waals surface area contributed by atoms with Gasteiger partial charge in [-0.3, -0.25) is 4.79 Å². The number of carbonyl (C=O) groups excluding carboxylic acids is 1. The van der Waals surface area contributed by atoms with Crippen LogP contribution in [0, 0.1) is 0 Å². The first-order valence-electron chi connectivity index (χ1n) is 10.6. The van der Waals surface area contributed by atoms with Gasteiger partial charge in [0, 0.05) is 12.1 Å². The van der Waals surface area contributed by atoms with Gasteiger partial charge in [0.2, 0.25) is 15.9 Å². The minimum Gasteiger partial charge on any atom is -0.493 e. The van der Waals surface area contributed by atoms with Crippen LogP contribution in [-0.2, 0) is 26.7 Å². The van der Waals surface area contributed by atoms with Crippen LogP contribution in [0.5, 0.6) is 5.75 Å². The van der Waals surface area contributed by atoms with Gasteiger partial charge in [-0.25, -0.2) is 13.1 Å². The van der Waals surface area contributed by atoms with E-state index in [2.05, 4.69) is 22.2 Å². The summed E-state index contributed by atoms with van der Waals surface area (Å²) in [5.41, 5.74) is 4.18. The van der Waals surface area contributed by atoms with E-state index in [1.54, 1.807) is 24.3 Å². The Hall–Kier alpha value is -3.16. The van der Waals surface area contributed by atoms with Gasteiger partial charge in [0.05, 0.1) is 16.9 Å². The van der Waals surface area contributed by atoms with E-state index in [1.807, 2.05) is 30.3 Å². The summed E-state index contributed by atoms with van der Waals surface area (Å²) in [6.07, 6.45) is 2.56. The summed E-state index contributed by atoms with van der Waals surface area (Å²) in [5.74, 6) is 0.885. The largest absolute Gasteiger partial charge is 0.493 e. The average Bonchev–Trinajstić information content (AvgIpc) is 3.50. The quantitative estimate of drug-likeness (QED) is 0.600. The van der Waals surface area contributed by atoms with Crippen molar-refractivity contribution in [2.75, 3.05) is 19.0 Å². The van der Waals surface area contributed by atoms with Gasteiger partial charge in [-0.15, -0.1) is 0 Å². The van der Waals surface area contributed by atoms with Crippen molar-refractivity contribution in [2.45, 2.75) is 29.6 Å². The third kappa shape index (κ3) is 3.67. The molecule has 6 nitrogen and oxygen atoms in total. The zero-order valence-corrected chi connectivity index (χ0v) is 18.5. The van der Waals surface area contributed by atoms with Crippen LogP contribution < -0.4 is 14.8 Å². The number of hydrogen-bond donors (Lipinski definition) is 2. The van der Waals surface area contributed by atoms with Crippen LogP contribution >= 0.6 is 0 Å². The number of benzene rings is 3. The average molecular weight is 449 g/mol. The molecule has 32 heavy (non-hydrogen) atoms. The molecule has 1 aliphatic heterocycles. The number of sulfonamides is 1. The molecule has 1 aliphatic carbocycles. The fourth-order valence-corrected chi connectivity index (χ4v) is 4.94. The van der Waals surface area contributed by atoms with Crippen molar-refractivity contribution in [1.29, 1.82) is 0 Å². The molecule has 0 atom stereocenters. The second-order valence-corrected chi connectivity index (χ2v) is 10.2. The molecule has 1 fully saturated rings. The first-order valence-corrected chi connectivity index (χ1v) is 12.1. The van der Waals surface area contributed by atoms with E-state index >= 15 is 0 Å². The topological polar surface area (TPSA) is 84.5 Å². The van der Waals surface area contributed by atoms with Crippen molar-refractivity contribution >= 4 is 21.6 Å². The second kappa shape index (κ2) is 7.76. The number of nitrogens with one attached hydrogen (secondary N) is 2. The maximum Gasteiger partial charge on any atom is 0.240 e. The Bertz CT molecular complexity index is 1300. The third-order valence-corrected chi connectivity index (χ3v) is 7.75. The molecule has 2 aliphatic rings. The van der Waals surface area contributed by atoms with E-state index in [1.165, 1.54) is 12.6 Å². The number of rotatable bonds is 6. The summed E-state index contributed by atoms with van der Waals surface area (Å²) < 4.78 is 31.9. The number of anilines is 1. The molecule has 1 heterocycles. The molecule has 1 saturated carbocycles. The van der Waals surface area contributed by atoms with Gasteiger partial charge in [0.15, 0.2) is 0 Å². The second-order valence-electron chi connectivity index (χ2n) is 8.27. The molecule has 3 aromatic rings. The summed E-state index contributed by atoms with van der Waals surface area (Å²) >= 11 is 0. The number of carbonyl (C=O) groups is 1. The van der Waals surface area contributed by atoms with Gasteiger partial charge < -0.3 is 10.1 Å². The maximum absolute atomic E-state index is 13.2. The molecule has 0 aromatic heterocycles. The number of amides is 1. The smallest absolute Gasteiger partial charge is 0.240 e. The van der Waals surface area contributed by atoms with Crippen LogP contribution in [-0.4, -0.2) is 28.0 Å². The highest BCUT2D eigenvalue weighted by Gasteiger charge is 2.51. The van der Waals surface area contributed by atoms with Crippen LogP contribution in [0.4, 0.5) is 5.69 Å². The fraction of sp³-hybridized carbons (Fsp3) is 0.240. The van der Waals surface area contributed by atoms with Crippen LogP contribution in [0.2, 0.25) is 0 Å². The lowest BCUT2D eigenvalue weighted by Crippen LogP contribution is -2.27. The number of fused-ring (bicyclic) bond motifs is 1. The minimum atomic E-state index is -3.48. The maximum atomic E-state index is 13.2. The van der Waals surface area contributed by atoms with Crippen molar-refractivity contribution in [3.05, 3.63) is 77.9 Å². The van der Waals surface area contributed by atoms with Crippen LogP contribution in [0.15, 0.2) is 71.6 Å². The zero-order chi connectivity index (χ0) is 22.3. The van der Waals surface area contributed by atoms with Crippen LogP contribution in [0.3, 0.4) is 0 Å². The highest BCUT2D eigenvalue weighted by atomic mass is 32.2. The Morgan fingerprint density at radius 2 is 1.75 bits per heavy atom. The summed E-state index contributed by atoms with van der Waals surface area (Å²) in [6, 6.07) is 20.4. The molecule has 164 valence electrons. The predicted octanol–water partition coefficient (Wildman–Crippen LogP) is 3.87. The van der Waals surface area contributed by atoms with Crippen molar-refractivity contribution in [3.63, 3.8) is 0 Å². The van der Waals surface area contributed by atoms with E-state index in [-0.39, 0.29) is 10.8 Å². The summed E-state index contributed by atoms with van der Waals surface area (Å²) in [5, 5.41) is 3.08. The standard InChI is InChI=1S/C25H24N2O4S/c1-26-32(29,30)22-9-6-17(7-10-22)19-3-2-4-21(15-19)27-24(28)25(12-13-25)20-8-5-18-11-14-31-23(18)16-20/h2-10,15-16,26H,11-14H2,1H3,(H,27,28). The van der Waals surface area contributed by atoms with Gasteiger partial charge in [-0.2, -0.15) is 0 Å². The van der Waals surface area contributed by atoms with Crippen molar-refractivity contribution in [2.24, 2.45) is 0 Å². The Balaban J connectivity index is 1.36. The Labute approximate surface area is 187 Å². The predicted molar refractivity (Wildman–Crippen MR) is 123 cm³/mol. The third-order valence-electron chi connectivity index (χ3n) is 6.32. The molecule has 0 spiro atoms. The van der Waals surface area contributed by atoms with Crippen LogP contribution in [0.1, 0.15) is 24.0 Å². The highest BCUT2D eigenvalue weighted by molar-refractivity contribution is 7.89. The lowest BCUT2D eigenvalue weighted by Gasteiger charge is -2.17. The van der Waals surface area contributed by atoms with E-state index in [0.717, 1.165) is 41.7 Å². The van der Waals surface area contributed by atoms with E-state index in [9.17, 15) is 13.2 Å². The molecule has 2 N–H and O–H groups in total. The van der Waals surface area contributed by atoms with Gasteiger partial charge in [0.25, 0.3) is 0 Å². The fourth-order valence-electron chi connectivity index (χ4n) is 4.21. The SMILES string of the molecule is CNS(=O)(=O)c1ccc(-c2cccc(NC(=O)C3(c4ccc5c(c4)OCC5)CC3)c2)cc1. The molecule has 5 rings (SSSR count). The van der Waals surface area contributed by atoms with Crippen molar-refractivity contribution in [1.82, 2.24) is 4.72 Å². The van der Waals surface area contributed by atoms with E-state index < -0.39 is 15.4 Å². The van der Waals surface area contributed by atoms with Gasteiger partial charge in [-0.1, -0.05) is 36.4 Å². The monoisotopic (exact) mass is 448 g/mol. The number of hydrogen-bond acceptors (Lipinski definition) is 4. The van der Waals surface area contributed by atoms with Crippen LogP contribution in [0.25, 0.3) is 11.1 Å². The molecule has 0 saturated heterocycles. The molecule has 0 bridgehead atoms. The Morgan fingerprint density at radius 3 is 2.47 bits per heavy atom. The summed E-state index contributed by atoms with van der Waals surface area (Å²) in [7, 11) is -2.09. The first-order chi connectivity index (χ1) is 15.4. The zero-order valence-electron chi connectivity index (χ0n) is 17.7.